The lowest BCUT2D eigenvalue weighted by Gasteiger charge is -2.13. The molecule has 0 radical (unpaired) electrons. The van der Waals surface area contributed by atoms with Crippen molar-refractivity contribution in [3.8, 4) is 0 Å². The van der Waals surface area contributed by atoms with Gasteiger partial charge in [0.05, 0.1) is 6.54 Å². The molecule has 1 saturated heterocycles. The average Bonchev–Trinajstić information content (AvgIpc) is 3.40. The molecule has 2 heterocycles. The summed E-state index contributed by atoms with van der Waals surface area (Å²) in [6, 6.07) is 0. The Morgan fingerprint density at radius 2 is 1.18 bits per heavy atom. The first-order chi connectivity index (χ1) is 19.1. The van der Waals surface area contributed by atoms with Crippen molar-refractivity contribution < 1.29 is 48.0 Å². The summed E-state index contributed by atoms with van der Waals surface area (Å²) >= 11 is 0. The van der Waals surface area contributed by atoms with Crippen LogP contribution in [0.1, 0.15) is 51.4 Å². The zero-order chi connectivity index (χ0) is 29.5. The van der Waals surface area contributed by atoms with Gasteiger partial charge in [0.25, 0.3) is 23.6 Å². The van der Waals surface area contributed by atoms with Crippen molar-refractivity contribution in [2.24, 2.45) is 0 Å². The Labute approximate surface area is 229 Å². The van der Waals surface area contributed by atoms with Crippen LogP contribution < -0.4 is 21.3 Å². The molecule has 0 bridgehead atoms. The Kier molecular flexibility index (Phi) is 12.9. The van der Waals surface area contributed by atoms with Crippen LogP contribution in [0, 0.1) is 0 Å². The molecule has 4 N–H and O–H groups in total. The second-order valence-electron chi connectivity index (χ2n) is 8.74. The minimum absolute atomic E-state index is 0.000821. The molecule has 218 valence electrons. The normalized spacial score (nSPS) is 14.4. The minimum atomic E-state index is -0.766. The number of rotatable bonds is 17. The molecule has 2 aliphatic rings. The molecule has 2 rings (SSSR count). The van der Waals surface area contributed by atoms with E-state index in [0.717, 1.165) is 4.90 Å². The highest BCUT2D eigenvalue weighted by Gasteiger charge is 2.32. The number of nitrogens with zero attached hydrogens (tertiary/aromatic N) is 2. The van der Waals surface area contributed by atoms with Crippen LogP contribution in [0.25, 0.3) is 0 Å². The van der Waals surface area contributed by atoms with Crippen molar-refractivity contribution in [1.82, 2.24) is 31.2 Å². The van der Waals surface area contributed by atoms with Gasteiger partial charge in [-0.1, -0.05) is 0 Å². The van der Waals surface area contributed by atoms with Crippen molar-refractivity contribution >= 4 is 53.2 Å². The summed E-state index contributed by atoms with van der Waals surface area (Å²) in [6.45, 7) is 0.0132. The highest BCUT2D eigenvalue weighted by molar-refractivity contribution is 6.12. The number of carbonyl (C=O) groups excluding carboxylic acids is 9. The van der Waals surface area contributed by atoms with Crippen molar-refractivity contribution in [2.45, 2.75) is 51.4 Å². The van der Waals surface area contributed by atoms with Gasteiger partial charge in [-0.2, -0.15) is 0 Å². The molecule has 16 nitrogen and oxygen atoms in total. The van der Waals surface area contributed by atoms with E-state index in [0.29, 0.717) is 5.06 Å². The summed E-state index contributed by atoms with van der Waals surface area (Å²) in [7, 11) is 0. The fourth-order valence-corrected chi connectivity index (χ4v) is 3.45. The molecule has 0 aromatic rings. The summed E-state index contributed by atoms with van der Waals surface area (Å²) in [5, 5.41) is 10.4. The minimum Gasteiger partial charge on any atom is -0.356 e. The molecule has 0 atom stereocenters. The first kappa shape index (κ1) is 31.6. The third kappa shape index (κ3) is 11.4. The van der Waals surface area contributed by atoms with E-state index in [9.17, 15) is 43.2 Å². The van der Waals surface area contributed by atoms with Crippen LogP contribution in [0.3, 0.4) is 0 Å². The lowest BCUT2D eigenvalue weighted by molar-refractivity contribution is -0.197. The molecule has 2 aliphatic heterocycles. The molecule has 0 spiro atoms. The van der Waals surface area contributed by atoms with Crippen LogP contribution in [0.15, 0.2) is 12.2 Å². The lowest BCUT2D eigenvalue weighted by Crippen LogP contribution is -2.39. The van der Waals surface area contributed by atoms with Crippen LogP contribution in [0.4, 0.5) is 0 Å². The van der Waals surface area contributed by atoms with Crippen molar-refractivity contribution in [2.75, 3.05) is 32.7 Å². The third-order valence-electron chi connectivity index (χ3n) is 5.56. The van der Waals surface area contributed by atoms with Gasteiger partial charge in [-0.3, -0.25) is 43.3 Å². The number of hydrogen-bond acceptors (Lipinski definition) is 10. The van der Waals surface area contributed by atoms with Crippen molar-refractivity contribution in [3.05, 3.63) is 12.2 Å². The molecular formula is C24H32N6O10. The Hall–Kier alpha value is -4.63. The highest BCUT2D eigenvalue weighted by Crippen LogP contribution is 2.12. The van der Waals surface area contributed by atoms with Gasteiger partial charge >= 0.3 is 5.97 Å². The van der Waals surface area contributed by atoms with E-state index >= 15 is 0 Å². The summed E-state index contributed by atoms with van der Waals surface area (Å²) < 4.78 is 0. The summed E-state index contributed by atoms with van der Waals surface area (Å²) in [4.78, 5) is 110. The van der Waals surface area contributed by atoms with Crippen LogP contribution >= 0.6 is 0 Å². The molecule has 1 fully saturated rings. The Morgan fingerprint density at radius 1 is 0.650 bits per heavy atom. The van der Waals surface area contributed by atoms with Gasteiger partial charge in [0, 0.05) is 76.9 Å². The van der Waals surface area contributed by atoms with Crippen LogP contribution in [-0.4, -0.2) is 95.9 Å². The molecule has 0 aromatic carbocycles. The van der Waals surface area contributed by atoms with Crippen molar-refractivity contribution in [3.63, 3.8) is 0 Å². The second kappa shape index (κ2) is 16.4. The van der Waals surface area contributed by atoms with E-state index in [1.807, 2.05) is 0 Å². The predicted octanol–water partition coefficient (Wildman–Crippen LogP) is -2.68. The van der Waals surface area contributed by atoms with Gasteiger partial charge in [0.2, 0.25) is 23.6 Å². The van der Waals surface area contributed by atoms with Gasteiger partial charge < -0.3 is 26.1 Å². The fraction of sp³-hybridized carbons (Fsp3) is 0.542. The molecule has 8 amide bonds. The number of hydrogen-bond donors (Lipinski definition) is 4. The highest BCUT2D eigenvalue weighted by atomic mass is 16.7. The Bertz CT molecular complexity index is 1040. The van der Waals surface area contributed by atoms with E-state index in [-0.39, 0.29) is 95.9 Å². The average molecular weight is 565 g/mol. The Balaban J connectivity index is 1.43. The van der Waals surface area contributed by atoms with E-state index in [1.54, 1.807) is 0 Å². The zero-order valence-electron chi connectivity index (χ0n) is 21.8. The molecular weight excluding hydrogens is 532 g/mol. The van der Waals surface area contributed by atoms with Crippen LogP contribution in [-0.2, 0) is 48.0 Å². The van der Waals surface area contributed by atoms with Gasteiger partial charge in [-0.15, -0.1) is 5.06 Å². The topological polar surface area (TPSA) is 217 Å². The number of imide groups is 2. The van der Waals surface area contributed by atoms with Gasteiger partial charge in [0.15, 0.2) is 0 Å². The van der Waals surface area contributed by atoms with E-state index in [1.165, 1.54) is 12.2 Å². The Morgan fingerprint density at radius 3 is 1.80 bits per heavy atom. The smallest absolute Gasteiger partial charge is 0.333 e. The summed E-state index contributed by atoms with van der Waals surface area (Å²) in [5.41, 5.74) is 0. The van der Waals surface area contributed by atoms with Crippen molar-refractivity contribution in [1.29, 1.82) is 0 Å². The number of amides is 8. The van der Waals surface area contributed by atoms with Crippen LogP contribution in [0.5, 0.6) is 0 Å². The molecule has 16 heteroatoms. The molecule has 40 heavy (non-hydrogen) atoms. The van der Waals surface area contributed by atoms with E-state index < -0.39 is 41.4 Å². The monoisotopic (exact) mass is 564 g/mol. The van der Waals surface area contributed by atoms with Gasteiger partial charge in [-0.25, -0.2) is 4.79 Å². The molecule has 0 unspecified atom stereocenters. The fourth-order valence-electron chi connectivity index (χ4n) is 3.45. The zero-order valence-corrected chi connectivity index (χ0v) is 21.8. The third-order valence-corrected chi connectivity index (χ3v) is 5.56. The molecule has 0 aliphatic carbocycles. The predicted molar refractivity (Wildman–Crippen MR) is 133 cm³/mol. The number of carbonyl (C=O) groups is 9. The van der Waals surface area contributed by atoms with Gasteiger partial charge in [-0.05, 0) is 12.8 Å². The second-order valence-corrected chi connectivity index (χ2v) is 8.74. The SMILES string of the molecule is O=C(CCCN1C(=O)C=CC1=O)NCCC(=O)NCC(=O)NCCC(=O)NCCCC(=O)ON1C(=O)CCC1=O. The first-order valence-electron chi connectivity index (χ1n) is 12.7. The summed E-state index contributed by atoms with van der Waals surface area (Å²) in [5.74, 6) is -4.45. The van der Waals surface area contributed by atoms with E-state index in [4.69, 9.17) is 4.84 Å². The van der Waals surface area contributed by atoms with Crippen LogP contribution in [0.2, 0.25) is 0 Å². The van der Waals surface area contributed by atoms with E-state index in [2.05, 4.69) is 21.3 Å². The lowest BCUT2D eigenvalue weighted by atomic mass is 10.2. The summed E-state index contributed by atoms with van der Waals surface area (Å²) in [6.07, 6.45) is 2.70. The number of hydroxylamine groups is 2. The molecule has 0 aromatic heterocycles. The standard InChI is InChI=1S/C24H32N6O10/c31-16(3-2-14-29-20(35)5-6-21(29)36)26-12-10-18(33)28-15-19(34)27-13-9-17(32)25-11-1-4-24(39)40-30-22(37)7-8-23(30)38/h5-6H,1-4,7-15H2,(H,25,32)(H,26,31)(H,27,34)(H,28,33). The largest absolute Gasteiger partial charge is 0.356 e. The van der Waals surface area contributed by atoms with Gasteiger partial charge in [0.1, 0.15) is 0 Å². The first-order valence-corrected chi connectivity index (χ1v) is 12.7. The maximum absolute atomic E-state index is 11.8. The maximum atomic E-state index is 11.8. The number of nitrogens with one attached hydrogen (secondary N) is 4. The molecule has 0 saturated carbocycles. The maximum Gasteiger partial charge on any atom is 0.333 e. The quantitative estimate of drug-likeness (QED) is 0.106.